The fourth-order valence-corrected chi connectivity index (χ4v) is 2.28. The van der Waals surface area contributed by atoms with Crippen LogP contribution in [-0.2, 0) is 6.42 Å². The molecule has 0 fully saturated rings. The minimum absolute atomic E-state index is 0.0530. The van der Waals surface area contributed by atoms with Gasteiger partial charge in [0, 0.05) is 6.04 Å². The van der Waals surface area contributed by atoms with Gasteiger partial charge < -0.3 is 0 Å². The van der Waals surface area contributed by atoms with E-state index in [2.05, 4.69) is 33.5 Å². The normalized spacial score (nSPS) is 12.4. The zero-order valence-electron chi connectivity index (χ0n) is 10.4. The Hall–Kier alpha value is -1.23. The first-order valence-electron chi connectivity index (χ1n) is 6.15. The summed E-state index contributed by atoms with van der Waals surface area (Å²) in [5.74, 6) is 5.31. The van der Waals surface area contributed by atoms with Gasteiger partial charge in [-0.25, -0.2) is 4.39 Å². The highest BCUT2D eigenvalue weighted by molar-refractivity contribution is 9.10. The van der Waals surface area contributed by atoms with Crippen LogP contribution < -0.4 is 11.3 Å². The topological polar surface area (TPSA) is 38.0 Å². The Morgan fingerprint density at radius 1 is 1.16 bits per heavy atom. The Balaban J connectivity index is 2.05. The molecule has 0 amide bonds. The van der Waals surface area contributed by atoms with E-state index in [1.54, 1.807) is 6.07 Å². The molecule has 0 aliphatic carbocycles. The highest BCUT2D eigenvalue weighted by Crippen LogP contribution is 2.23. The van der Waals surface area contributed by atoms with E-state index in [4.69, 9.17) is 5.84 Å². The molecule has 100 valence electrons. The number of nitrogens with two attached hydrogens (primary N) is 1. The predicted molar refractivity (Wildman–Crippen MR) is 78.9 cm³/mol. The molecular formula is C15H16BrFN2. The van der Waals surface area contributed by atoms with Crippen LogP contribution in [0.5, 0.6) is 0 Å². The van der Waals surface area contributed by atoms with Crippen LogP contribution in [0.2, 0.25) is 0 Å². The maximum Gasteiger partial charge on any atom is 0.137 e. The molecule has 19 heavy (non-hydrogen) atoms. The molecule has 0 spiro atoms. The zero-order valence-corrected chi connectivity index (χ0v) is 12.0. The third-order valence-corrected chi connectivity index (χ3v) is 3.75. The van der Waals surface area contributed by atoms with Crippen molar-refractivity contribution in [2.75, 3.05) is 0 Å². The number of hydrogen-bond acceptors (Lipinski definition) is 2. The van der Waals surface area contributed by atoms with Gasteiger partial charge in [0.15, 0.2) is 0 Å². The molecule has 2 aromatic carbocycles. The van der Waals surface area contributed by atoms with Gasteiger partial charge in [0.2, 0.25) is 0 Å². The van der Waals surface area contributed by atoms with Gasteiger partial charge in [0.25, 0.3) is 0 Å². The molecule has 2 aromatic rings. The highest BCUT2D eigenvalue weighted by atomic mass is 79.9. The van der Waals surface area contributed by atoms with E-state index >= 15 is 0 Å². The molecule has 3 N–H and O–H groups in total. The second-order valence-corrected chi connectivity index (χ2v) is 5.27. The SMILES string of the molecule is NNC(CCc1ccccc1)c1ccc(Br)c(F)c1. The molecule has 4 heteroatoms. The van der Waals surface area contributed by atoms with Gasteiger partial charge in [-0.3, -0.25) is 11.3 Å². The third-order valence-electron chi connectivity index (χ3n) is 3.11. The molecule has 0 aromatic heterocycles. The fraction of sp³-hybridized carbons (Fsp3) is 0.200. The molecule has 0 aliphatic heterocycles. The first-order chi connectivity index (χ1) is 9.20. The van der Waals surface area contributed by atoms with Crippen LogP contribution in [0.3, 0.4) is 0 Å². The summed E-state index contributed by atoms with van der Waals surface area (Å²) < 4.78 is 14.0. The standard InChI is InChI=1S/C15H16BrFN2/c16-13-8-7-12(10-14(13)17)15(19-18)9-6-11-4-2-1-3-5-11/h1-5,7-8,10,15,19H,6,9,18H2. The van der Waals surface area contributed by atoms with E-state index < -0.39 is 0 Å². The minimum atomic E-state index is -0.266. The molecule has 2 nitrogen and oxygen atoms in total. The van der Waals surface area contributed by atoms with Crippen LogP contribution in [-0.4, -0.2) is 0 Å². The molecule has 1 atom stereocenters. The summed E-state index contributed by atoms with van der Waals surface area (Å²) >= 11 is 3.15. The van der Waals surface area contributed by atoms with Gasteiger partial charge in [-0.1, -0.05) is 36.4 Å². The van der Waals surface area contributed by atoms with Crippen molar-refractivity contribution in [2.45, 2.75) is 18.9 Å². The summed E-state index contributed by atoms with van der Waals surface area (Å²) in [6.07, 6.45) is 1.72. The van der Waals surface area contributed by atoms with Crippen LogP contribution in [0.4, 0.5) is 4.39 Å². The lowest BCUT2D eigenvalue weighted by atomic mass is 9.99. The first kappa shape index (κ1) is 14.2. The summed E-state index contributed by atoms with van der Waals surface area (Å²) in [6.45, 7) is 0. The minimum Gasteiger partial charge on any atom is -0.271 e. The molecule has 0 saturated heterocycles. The largest absolute Gasteiger partial charge is 0.271 e. The van der Waals surface area contributed by atoms with Crippen LogP contribution in [0, 0.1) is 5.82 Å². The summed E-state index contributed by atoms with van der Waals surface area (Å²) in [4.78, 5) is 0. The van der Waals surface area contributed by atoms with Crippen LogP contribution in [0.1, 0.15) is 23.6 Å². The summed E-state index contributed by atoms with van der Waals surface area (Å²) in [5, 5.41) is 0. The van der Waals surface area contributed by atoms with E-state index in [1.165, 1.54) is 11.6 Å². The quantitative estimate of drug-likeness (QED) is 0.650. The molecule has 0 aliphatic rings. The van der Waals surface area contributed by atoms with Crippen molar-refractivity contribution in [2.24, 2.45) is 5.84 Å². The lowest BCUT2D eigenvalue weighted by Crippen LogP contribution is -2.28. The number of rotatable bonds is 5. The molecule has 1 unspecified atom stereocenters. The van der Waals surface area contributed by atoms with E-state index in [0.717, 1.165) is 18.4 Å². The number of halogens is 2. The number of hydrazine groups is 1. The summed E-state index contributed by atoms with van der Waals surface area (Å²) in [6, 6.07) is 15.2. The second-order valence-electron chi connectivity index (χ2n) is 4.42. The van der Waals surface area contributed by atoms with Gasteiger partial charge in [0.05, 0.1) is 4.47 Å². The molecule has 2 rings (SSSR count). The van der Waals surface area contributed by atoms with Crippen molar-refractivity contribution in [3.63, 3.8) is 0 Å². The Labute approximate surface area is 120 Å². The average molecular weight is 323 g/mol. The fourth-order valence-electron chi connectivity index (χ4n) is 2.03. The van der Waals surface area contributed by atoms with Crippen molar-refractivity contribution in [1.82, 2.24) is 5.43 Å². The van der Waals surface area contributed by atoms with E-state index in [9.17, 15) is 4.39 Å². The smallest absolute Gasteiger partial charge is 0.137 e. The average Bonchev–Trinajstić information content (AvgIpc) is 2.44. The maximum absolute atomic E-state index is 13.5. The van der Waals surface area contributed by atoms with Gasteiger partial charge in [-0.2, -0.15) is 0 Å². The Kier molecular flexibility index (Phi) is 5.07. The van der Waals surface area contributed by atoms with Crippen molar-refractivity contribution >= 4 is 15.9 Å². The Morgan fingerprint density at radius 2 is 1.89 bits per heavy atom. The molecule has 0 heterocycles. The molecule has 0 bridgehead atoms. The van der Waals surface area contributed by atoms with Gasteiger partial charge in [-0.05, 0) is 52.0 Å². The third kappa shape index (κ3) is 3.86. The summed E-state index contributed by atoms with van der Waals surface area (Å²) in [5.41, 5.74) is 4.86. The van der Waals surface area contributed by atoms with Crippen molar-refractivity contribution in [1.29, 1.82) is 0 Å². The van der Waals surface area contributed by atoms with Crippen molar-refractivity contribution in [3.8, 4) is 0 Å². The zero-order chi connectivity index (χ0) is 13.7. The lowest BCUT2D eigenvalue weighted by molar-refractivity contribution is 0.511. The van der Waals surface area contributed by atoms with Crippen LogP contribution in [0.25, 0.3) is 0 Å². The highest BCUT2D eigenvalue weighted by Gasteiger charge is 2.11. The van der Waals surface area contributed by atoms with Crippen LogP contribution >= 0.6 is 15.9 Å². The predicted octanol–water partition coefficient (Wildman–Crippen LogP) is 3.73. The summed E-state index contributed by atoms with van der Waals surface area (Å²) in [7, 11) is 0. The van der Waals surface area contributed by atoms with Gasteiger partial charge in [0.1, 0.15) is 5.82 Å². The monoisotopic (exact) mass is 322 g/mol. The first-order valence-corrected chi connectivity index (χ1v) is 6.95. The van der Waals surface area contributed by atoms with Crippen molar-refractivity contribution < 1.29 is 4.39 Å². The maximum atomic E-state index is 13.5. The molecular weight excluding hydrogens is 307 g/mol. The van der Waals surface area contributed by atoms with Gasteiger partial charge >= 0.3 is 0 Å². The number of hydrogen-bond donors (Lipinski definition) is 2. The Bertz CT molecular complexity index is 531. The van der Waals surface area contributed by atoms with E-state index in [0.29, 0.717) is 4.47 Å². The second kappa shape index (κ2) is 6.80. The van der Waals surface area contributed by atoms with Crippen LogP contribution in [0.15, 0.2) is 53.0 Å². The van der Waals surface area contributed by atoms with Gasteiger partial charge in [-0.15, -0.1) is 0 Å². The number of aryl methyl sites for hydroxylation is 1. The Morgan fingerprint density at radius 3 is 2.53 bits per heavy atom. The number of nitrogens with one attached hydrogen (secondary N) is 1. The van der Waals surface area contributed by atoms with Crippen molar-refractivity contribution in [3.05, 3.63) is 69.9 Å². The van der Waals surface area contributed by atoms with E-state index in [-0.39, 0.29) is 11.9 Å². The lowest BCUT2D eigenvalue weighted by Gasteiger charge is -2.16. The molecule has 0 radical (unpaired) electrons. The number of benzene rings is 2. The molecule has 0 saturated carbocycles. The van der Waals surface area contributed by atoms with E-state index in [1.807, 2.05) is 24.3 Å².